The molecule has 0 saturated heterocycles. The summed E-state index contributed by atoms with van der Waals surface area (Å²) in [6.45, 7) is 4.98. The van der Waals surface area contributed by atoms with Gasteiger partial charge < -0.3 is 0 Å². The predicted molar refractivity (Wildman–Crippen MR) is 63.3 cm³/mol. The zero-order valence-corrected chi connectivity index (χ0v) is 9.94. The fourth-order valence-corrected chi connectivity index (χ4v) is 2.11. The Hall–Kier alpha value is -1.38. The van der Waals surface area contributed by atoms with Crippen LogP contribution in [0.2, 0.25) is 0 Å². The summed E-state index contributed by atoms with van der Waals surface area (Å²) in [5.74, 6) is 0.874. The molecule has 0 aromatic carbocycles. The molecule has 1 heterocycles. The second-order valence-corrected chi connectivity index (χ2v) is 4.47. The molecule has 86 valence electrons. The molecule has 1 aliphatic rings. The molecule has 1 aliphatic carbocycles. The lowest BCUT2D eigenvalue weighted by Crippen LogP contribution is -2.14. The van der Waals surface area contributed by atoms with Crippen LogP contribution in [0.4, 0.5) is 0 Å². The normalized spacial score (nSPS) is 20.6. The number of aromatic nitrogens is 2. The predicted octanol–water partition coefficient (Wildman–Crippen LogP) is 2.83. The van der Waals surface area contributed by atoms with E-state index in [0.717, 1.165) is 37.1 Å². The first-order chi connectivity index (χ1) is 7.72. The third-order valence-corrected chi connectivity index (χ3v) is 3.21. The number of carbonyl (C=O) groups is 1. The molecule has 2 rings (SSSR count). The quantitative estimate of drug-likeness (QED) is 0.731. The number of Topliss-reactive ketones (excluding diaryl/α,β-unsaturated/α-hetero) is 1. The van der Waals surface area contributed by atoms with Gasteiger partial charge in [-0.25, -0.2) is 0 Å². The number of hydrogen-bond acceptors (Lipinski definition) is 2. The van der Waals surface area contributed by atoms with Gasteiger partial charge in [-0.1, -0.05) is 13.0 Å². The molecule has 0 amide bonds. The van der Waals surface area contributed by atoms with Crippen molar-refractivity contribution in [2.45, 2.75) is 39.7 Å². The first kappa shape index (κ1) is 11.1. The van der Waals surface area contributed by atoms with Crippen molar-refractivity contribution < 1.29 is 4.79 Å². The first-order valence-electron chi connectivity index (χ1n) is 5.98. The maximum Gasteiger partial charge on any atom is 0.206 e. The van der Waals surface area contributed by atoms with Gasteiger partial charge in [-0.15, -0.1) is 0 Å². The van der Waals surface area contributed by atoms with E-state index in [1.54, 1.807) is 10.9 Å². The minimum absolute atomic E-state index is 0.159. The molecule has 1 aromatic rings. The van der Waals surface area contributed by atoms with Crippen LogP contribution < -0.4 is 0 Å². The van der Waals surface area contributed by atoms with Crippen LogP contribution in [0.3, 0.4) is 0 Å². The minimum atomic E-state index is 0.159. The molecule has 1 aromatic heterocycles. The lowest BCUT2D eigenvalue weighted by molar-refractivity contribution is 0.101. The SMILES string of the molecule is CCn1nccc1C(=O)C1=CCC(C)CC1. The summed E-state index contributed by atoms with van der Waals surface area (Å²) in [5.41, 5.74) is 1.69. The van der Waals surface area contributed by atoms with Gasteiger partial charge in [0.2, 0.25) is 5.78 Å². The highest BCUT2D eigenvalue weighted by atomic mass is 16.1. The van der Waals surface area contributed by atoms with E-state index in [4.69, 9.17) is 0 Å². The van der Waals surface area contributed by atoms with Crippen LogP contribution >= 0.6 is 0 Å². The van der Waals surface area contributed by atoms with E-state index in [-0.39, 0.29) is 5.78 Å². The summed E-state index contributed by atoms with van der Waals surface area (Å²) < 4.78 is 1.77. The van der Waals surface area contributed by atoms with Crippen molar-refractivity contribution in [1.82, 2.24) is 9.78 Å². The highest BCUT2D eigenvalue weighted by Gasteiger charge is 2.19. The number of hydrogen-bond donors (Lipinski definition) is 0. The van der Waals surface area contributed by atoms with Crippen molar-refractivity contribution in [2.75, 3.05) is 0 Å². The molecule has 0 bridgehead atoms. The maximum absolute atomic E-state index is 12.2. The zero-order valence-electron chi connectivity index (χ0n) is 9.94. The summed E-state index contributed by atoms with van der Waals surface area (Å²) in [5, 5.41) is 4.13. The smallest absolute Gasteiger partial charge is 0.206 e. The van der Waals surface area contributed by atoms with Gasteiger partial charge in [0.1, 0.15) is 5.69 Å². The highest BCUT2D eigenvalue weighted by Crippen LogP contribution is 2.25. The van der Waals surface area contributed by atoms with Crippen molar-refractivity contribution in [1.29, 1.82) is 0 Å². The fourth-order valence-electron chi connectivity index (χ4n) is 2.11. The molecule has 0 fully saturated rings. The molecule has 1 atom stereocenters. The number of allylic oxidation sites excluding steroid dienone is 2. The second kappa shape index (κ2) is 4.64. The van der Waals surface area contributed by atoms with Gasteiger partial charge in [0, 0.05) is 12.7 Å². The Kier molecular flexibility index (Phi) is 3.22. The summed E-state index contributed by atoms with van der Waals surface area (Å²) >= 11 is 0. The van der Waals surface area contributed by atoms with Crippen LogP contribution in [0, 0.1) is 5.92 Å². The van der Waals surface area contributed by atoms with E-state index < -0.39 is 0 Å². The van der Waals surface area contributed by atoms with Gasteiger partial charge in [0.05, 0.1) is 0 Å². The van der Waals surface area contributed by atoms with Gasteiger partial charge in [-0.3, -0.25) is 9.48 Å². The van der Waals surface area contributed by atoms with Gasteiger partial charge in [-0.05, 0) is 43.7 Å². The summed E-state index contributed by atoms with van der Waals surface area (Å²) in [6, 6.07) is 1.81. The molecule has 16 heavy (non-hydrogen) atoms. The van der Waals surface area contributed by atoms with Crippen molar-refractivity contribution in [3.63, 3.8) is 0 Å². The van der Waals surface area contributed by atoms with Crippen LogP contribution in [0.25, 0.3) is 0 Å². The first-order valence-corrected chi connectivity index (χ1v) is 5.98. The molecular weight excluding hydrogens is 200 g/mol. The van der Waals surface area contributed by atoms with Gasteiger partial charge >= 0.3 is 0 Å². The molecule has 3 nitrogen and oxygen atoms in total. The Morgan fingerprint density at radius 3 is 3.06 bits per heavy atom. The Balaban J connectivity index is 2.19. The fraction of sp³-hybridized carbons (Fsp3) is 0.538. The van der Waals surface area contributed by atoms with Crippen LogP contribution in [-0.2, 0) is 6.54 Å². The largest absolute Gasteiger partial charge is 0.287 e. The minimum Gasteiger partial charge on any atom is -0.287 e. The van der Waals surface area contributed by atoms with Crippen LogP contribution in [0.15, 0.2) is 23.9 Å². The lowest BCUT2D eigenvalue weighted by atomic mass is 9.88. The standard InChI is InChI=1S/C13H18N2O/c1-3-15-12(8-9-14-15)13(16)11-6-4-10(2)5-7-11/h6,8-10H,3-5,7H2,1-2H3. The van der Waals surface area contributed by atoms with Crippen LogP contribution in [0.1, 0.15) is 43.6 Å². The van der Waals surface area contributed by atoms with Gasteiger partial charge in [0.25, 0.3) is 0 Å². The number of rotatable bonds is 3. The molecule has 0 aliphatic heterocycles. The average Bonchev–Trinajstić information content (AvgIpc) is 2.77. The second-order valence-electron chi connectivity index (χ2n) is 4.47. The Morgan fingerprint density at radius 2 is 2.44 bits per heavy atom. The van der Waals surface area contributed by atoms with E-state index in [9.17, 15) is 4.79 Å². The Labute approximate surface area is 96.2 Å². The monoisotopic (exact) mass is 218 g/mol. The molecular formula is C13H18N2O. The van der Waals surface area contributed by atoms with Crippen LogP contribution in [0.5, 0.6) is 0 Å². The maximum atomic E-state index is 12.2. The lowest BCUT2D eigenvalue weighted by Gasteiger charge is -2.17. The summed E-state index contributed by atoms with van der Waals surface area (Å²) in [7, 11) is 0. The third-order valence-electron chi connectivity index (χ3n) is 3.21. The van der Waals surface area contributed by atoms with Gasteiger partial charge in [0.15, 0.2) is 0 Å². The number of ketones is 1. The van der Waals surface area contributed by atoms with Gasteiger partial charge in [-0.2, -0.15) is 5.10 Å². The average molecular weight is 218 g/mol. The summed E-state index contributed by atoms with van der Waals surface area (Å²) in [6.07, 6.45) is 6.86. The molecule has 1 unspecified atom stereocenters. The van der Waals surface area contributed by atoms with Crippen molar-refractivity contribution in [3.05, 3.63) is 29.6 Å². The third kappa shape index (κ3) is 2.08. The molecule has 0 saturated carbocycles. The highest BCUT2D eigenvalue weighted by molar-refractivity contribution is 6.07. The Bertz CT molecular complexity index is 417. The summed E-state index contributed by atoms with van der Waals surface area (Å²) in [4.78, 5) is 12.2. The van der Waals surface area contributed by atoms with Crippen molar-refractivity contribution in [3.8, 4) is 0 Å². The van der Waals surface area contributed by atoms with E-state index in [0.29, 0.717) is 5.92 Å². The number of carbonyl (C=O) groups excluding carboxylic acids is 1. The molecule has 0 N–H and O–H groups in total. The zero-order chi connectivity index (χ0) is 11.5. The Morgan fingerprint density at radius 1 is 1.62 bits per heavy atom. The molecule has 0 radical (unpaired) electrons. The van der Waals surface area contributed by atoms with E-state index >= 15 is 0 Å². The van der Waals surface area contributed by atoms with E-state index in [1.165, 1.54) is 0 Å². The molecule has 3 heteroatoms. The topological polar surface area (TPSA) is 34.9 Å². The van der Waals surface area contributed by atoms with Crippen molar-refractivity contribution in [2.24, 2.45) is 5.92 Å². The van der Waals surface area contributed by atoms with Crippen LogP contribution in [-0.4, -0.2) is 15.6 Å². The number of nitrogens with zero attached hydrogens (tertiary/aromatic N) is 2. The molecule has 0 spiro atoms. The van der Waals surface area contributed by atoms with Crippen molar-refractivity contribution >= 4 is 5.78 Å². The van der Waals surface area contributed by atoms with E-state index in [2.05, 4.69) is 18.1 Å². The number of aryl methyl sites for hydroxylation is 1. The van der Waals surface area contributed by atoms with E-state index in [1.807, 2.05) is 13.0 Å².